The van der Waals surface area contributed by atoms with Gasteiger partial charge in [0.2, 0.25) is 15.9 Å². The third-order valence-corrected chi connectivity index (χ3v) is 10.1. The number of nitrogens with zero attached hydrogens (tertiary/aromatic N) is 1. The quantitative estimate of drug-likeness (QED) is 0.195. The van der Waals surface area contributed by atoms with Crippen molar-refractivity contribution < 1.29 is 42.1 Å². The summed E-state index contributed by atoms with van der Waals surface area (Å²) in [7, 11) is -1.29. The summed E-state index contributed by atoms with van der Waals surface area (Å²) in [4.78, 5) is 38.1. The fourth-order valence-electron chi connectivity index (χ4n) is 6.39. The largest absolute Gasteiger partial charge is 0.493 e. The van der Waals surface area contributed by atoms with Crippen LogP contribution in [0.15, 0.2) is 71.6 Å². The number of likely N-dealkylation sites (tertiary alicyclic amines) is 1. The molecule has 0 radical (unpaired) electrons. The molecule has 0 bridgehead atoms. The van der Waals surface area contributed by atoms with Crippen LogP contribution in [0.2, 0.25) is 0 Å². The van der Waals surface area contributed by atoms with Crippen molar-refractivity contribution in [2.45, 2.75) is 42.0 Å². The molecule has 244 valence electrons. The Bertz CT molecular complexity index is 1670. The lowest BCUT2D eigenvalue weighted by molar-refractivity contribution is -0.127. The van der Waals surface area contributed by atoms with Crippen molar-refractivity contribution in [3.05, 3.63) is 77.9 Å². The minimum absolute atomic E-state index is 0.0799. The maximum Gasteiger partial charge on any atom is 0.407 e. The molecule has 0 aliphatic carbocycles. The zero-order valence-electron chi connectivity index (χ0n) is 25.6. The van der Waals surface area contributed by atoms with Gasteiger partial charge in [-0.2, -0.15) is 0 Å². The number of hydrogen-bond donors (Lipinski definition) is 3. The molecule has 0 unspecified atom stereocenters. The molecular weight excluding hydrogens is 614 g/mol. The molecule has 0 saturated carbocycles. The first kappa shape index (κ1) is 32.8. The molecule has 3 aromatic carbocycles. The number of para-hydroxylation sites is 2. The summed E-state index contributed by atoms with van der Waals surface area (Å²) in [5, 5.41) is 12.9. The number of hydrogen-bond acceptors (Lipinski definition) is 8. The normalized spacial score (nSPS) is 18.3. The topological polar surface area (TPSA) is 161 Å². The van der Waals surface area contributed by atoms with Gasteiger partial charge in [0.15, 0.2) is 11.5 Å². The van der Waals surface area contributed by atoms with Crippen molar-refractivity contribution in [3.63, 3.8) is 0 Å². The molecule has 13 heteroatoms. The number of ether oxygens (including phenoxy) is 3. The summed E-state index contributed by atoms with van der Waals surface area (Å²) in [6, 6.07) is 18.4. The number of carbonyl (C=O) groups is 3. The van der Waals surface area contributed by atoms with E-state index in [1.54, 1.807) is 0 Å². The predicted octanol–water partition coefficient (Wildman–Crippen LogP) is 3.93. The average Bonchev–Trinajstić information content (AvgIpc) is 3.06. The highest BCUT2D eigenvalue weighted by atomic mass is 32.2. The zero-order chi connectivity index (χ0) is 32.9. The lowest BCUT2D eigenvalue weighted by Gasteiger charge is -2.41. The molecule has 3 N–H and O–H groups in total. The van der Waals surface area contributed by atoms with E-state index in [1.165, 1.54) is 32.4 Å². The molecule has 12 nitrogen and oxygen atoms in total. The van der Waals surface area contributed by atoms with Crippen LogP contribution in [0.4, 0.5) is 4.79 Å². The minimum atomic E-state index is -4.11. The Morgan fingerprint density at radius 2 is 1.65 bits per heavy atom. The molecule has 1 fully saturated rings. The minimum Gasteiger partial charge on any atom is -0.493 e. The van der Waals surface area contributed by atoms with Crippen LogP contribution in [-0.4, -0.2) is 76.6 Å². The van der Waals surface area contributed by atoms with Crippen LogP contribution >= 0.6 is 0 Å². The summed E-state index contributed by atoms with van der Waals surface area (Å²) in [6.07, 6.45) is 1.15. The Hall–Kier alpha value is -4.62. The van der Waals surface area contributed by atoms with E-state index >= 15 is 0 Å². The van der Waals surface area contributed by atoms with Crippen molar-refractivity contribution in [2.75, 3.05) is 33.9 Å². The number of unbranched alkanes of at least 4 members (excludes halogenated alkanes) is 1. The average molecular weight is 652 g/mol. The van der Waals surface area contributed by atoms with Gasteiger partial charge >= 0.3 is 6.09 Å². The number of piperidine rings is 1. The van der Waals surface area contributed by atoms with Crippen molar-refractivity contribution in [1.82, 2.24) is 14.9 Å². The number of benzene rings is 3. The summed E-state index contributed by atoms with van der Waals surface area (Å²) in [5.41, 5.74) is 1.02. The third-order valence-electron chi connectivity index (χ3n) is 8.59. The zero-order valence-corrected chi connectivity index (χ0v) is 26.4. The molecule has 3 aromatic rings. The van der Waals surface area contributed by atoms with Crippen LogP contribution in [0.5, 0.6) is 23.0 Å². The maximum atomic E-state index is 13.8. The van der Waals surface area contributed by atoms with Gasteiger partial charge in [-0.1, -0.05) is 36.4 Å². The molecular formula is C33H37N3O9S. The second kappa shape index (κ2) is 13.8. The van der Waals surface area contributed by atoms with E-state index < -0.39 is 39.4 Å². The number of methoxy groups -OCH3 is 2. The van der Waals surface area contributed by atoms with Gasteiger partial charge in [0, 0.05) is 54.7 Å². The van der Waals surface area contributed by atoms with Crippen LogP contribution in [0.25, 0.3) is 0 Å². The number of fused-ring (bicyclic) bond motifs is 2. The molecule has 2 amide bonds. The number of rotatable bonds is 12. The third kappa shape index (κ3) is 6.65. The second-order valence-corrected chi connectivity index (χ2v) is 13.1. The smallest absolute Gasteiger partial charge is 0.407 e. The molecule has 2 aliphatic rings. The molecule has 1 saturated heterocycles. The first-order valence-corrected chi connectivity index (χ1v) is 16.4. The van der Waals surface area contributed by atoms with E-state index in [2.05, 4.69) is 10.0 Å². The van der Waals surface area contributed by atoms with E-state index in [0.717, 1.165) is 22.3 Å². The van der Waals surface area contributed by atoms with Crippen LogP contribution in [-0.2, 0) is 25.0 Å². The van der Waals surface area contributed by atoms with Gasteiger partial charge in [-0.05, 0) is 43.5 Å². The Morgan fingerprint density at radius 3 is 2.26 bits per heavy atom. The summed E-state index contributed by atoms with van der Waals surface area (Å²) in [6.45, 7) is -0.0583. The Balaban J connectivity index is 1.39. The number of carboxylic acid groups (broad SMARTS) is 1. The SMILES string of the molecule is COc1ccc(S(=O)(=O)N[C@@H]2C[C@H](C(=O)NCC3(CCCC=O)c4ccccc4Oc4ccccc43)CN(C(=O)O)C2)cc1OC. The summed E-state index contributed by atoms with van der Waals surface area (Å²) in [5.74, 6) is 0.642. The Kier molecular flexibility index (Phi) is 9.82. The van der Waals surface area contributed by atoms with Crippen LogP contribution in [0.1, 0.15) is 36.8 Å². The lowest BCUT2D eigenvalue weighted by atomic mass is 9.69. The van der Waals surface area contributed by atoms with Crippen LogP contribution < -0.4 is 24.2 Å². The van der Waals surface area contributed by atoms with Crippen molar-refractivity contribution in [3.8, 4) is 23.0 Å². The highest BCUT2D eigenvalue weighted by Gasteiger charge is 2.43. The standard InChI is InChI=1S/C33H37N3O9S/c1-43-29-14-13-24(18-30(29)44-2)46(41,42)35-23-17-22(19-36(20-23)32(39)40)31(38)34-21-33(15-7-8-16-37)25-9-3-5-11-27(25)45-28-12-6-4-10-26(28)33/h3-6,9-14,16,18,22-23,35H,7-8,15,17,19-21H2,1-2H3,(H,34,38)(H,39,40)/t22-,23+/m0/s1. The van der Waals surface area contributed by atoms with Gasteiger partial charge in [0.25, 0.3) is 0 Å². The maximum absolute atomic E-state index is 13.8. The van der Waals surface area contributed by atoms with Gasteiger partial charge < -0.3 is 34.3 Å². The lowest BCUT2D eigenvalue weighted by Crippen LogP contribution is -2.56. The summed E-state index contributed by atoms with van der Waals surface area (Å²) >= 11 is 0. The molecule has 2 heterocycles. The first-order valence-electron chi connectivity index (χ1n) is 14.9. The van der Waals surface area contributed by atoms with E-state index in [0.29, 0.717) is 36.5 Å². The number of nitrogens with one attached hydrogen (secondary N) is 2. The number of sulfonamides is 1. The number of aldehydes is 1. The van der Waals surface area contributed by atoms with E-state index in [9.17, 15) is 27.9 Å². The Labute approximate surface area is 267 Å². The van der Waals surface area contributed by atoms with Gasteiger partial charge in [0.05, 0.1) is 25.0 Å². The highest BCUT2D eigenvalue weighted by Crippen LogP contribution is 2.50. The fourth-order valence-corrected chi connectivity index (χ4v) is 7.64. The monoisotopic (exact) mass is 651 g/mol. The fraction of sp³-hybridized carbons (Fsp3) is 0.364. The number of carbonyl (C=O) groups excluding carboxylic acids is 2. The van der Waals surface area contributed by atoms with Crippen LogP contribution in [0.3, 0.4) is 0 Å². The highest BCUT2D eigenvalue weighted by molar-refractivity contribution is 7.89. The van der Waals surface area contributed by atoms with Gasteiger partial charge in [-0.25, -0.2) is 17.9 Å². The molecule has 0 aromatic heterocycles. The summed E-state index contributed by atoms with van der Waals surface area (Å²) < 4.78 is 45.9. The molecule has 0 spiro atoms. The second-order valence-electron chi connectivity index (χ2n) is 11.4. The van der Waals surface area contributed by atoms with Crippen molar-refractivity contribution >= 4 is 28.3 Å². The molecule has 2 atom stereocenters. The van der Waals surface area contributed by atoms with Crippen molar-refractivity contribution in [1.29, 1.82) is 0 Å². The van der Waals surface area contributed by atoms with Crippen LogP contribution in [0, 0.1) is 5.92 Å². The van der Waals surface area contributed by atoms with Gasteiger partial charge in [0.1, 0.15) is 17.8 Å². The van der Waals surface area contributed by atoms with E-state index in [1.807, 2.05) is 48.5 Å². The van der Waals surface area contributed by atoms with E-state index in [4.69, 9.17) is 14.2 Å². The predicted molar refractivity (Wildman–Crippen MR) is 168 cm³/mol. The van der Waals surface area contributed by atoms with Crippen molar-refractivity contribution in [2.24, 2.45) is 5.92 Å². The Morgan fingerprint density at radius 1 is 1.00 bits per heavy atom. The first-order chi connectivity index (χ1) is 22.1. The number of amides is 2. The van der Waals surface area contributed by atoms with Gasteiger partial charge in [-0.15, -0.1) is 0 Å². The van der Waals surface area contributed by atoms with Gasteiger partial charge in [-0.3, -0.25) is 4.79 Å². The molecule has 2 aliphatic heterocycles. The molecule has 5 rings (SSSR count). The molecule has 46 heavy (non-hydrogen) atoms. The van der Waals surface area contributed by atoms with E-state index in [-0.39, 0.29) is 36.7 Å².